The van der Waals surface area contributed by atoms with Gasteiger partial charge in [-0.25, -0.2) is 0 Å². The van der Waals surface area contributed by atoms with Crippen LogP contribution in [-0.2, 0) is 20.8 Å². The van der Waals surface area contributed by atoms with Gasteiger partial charge in [0.1, 0.15) is 11.5 Å². The number of hydrogen-bond donors (Lipinski definition) is 0. The number of benzene rings is 1. The van der Waals surface area contributed by atoms with Gasteiger partial charge in [0.2, 0.25) is 0 Å². The average Bonchev–Trinajstić information content (AvgIpc) is 2.76. The molecule has 1 aliphatic rings. The van der Waals surface area contributed by atoms with Crippen LogP contribution >= 0.6 is 11.6 Å². The molecule has 34 heavy (non-hydrogen) atoms. The molecule has 0 unspecified atom stereocenters. The van der Waals surface area contributed by atoms with E-state index in [1.54, 1.807) is 6.92 Å². The Labute approximate surface area is 206 Å². The summed E-state index contributed by atoms with van der Waals surface area (Å²) in [6.45, 7) is 12.2. The van der Waals surface area contributed by atoms with E-state index < -0.39 is 11.9 Å². The molecular weight excluding hydrogens is 456 g/mol. The van der Waals surface area contributed by atoms with Gasteiger partial charge in [0, 0.05) is 31.7 Å². The molecule has 184 valence electrons. The minimum Gasteiger partial charge on any atom is -0.425 e. The van der Waals surface area contributed by atoms with Gasteiger partial charge in [0.05, 0.1) is 10.6 Å². The zero-order chi connectivity index (χ0) is 25.8. The largest absolute Gasteiger partial charge is 0.425 e. The molecule has 0 spiro atoms. The maximum absolute atomic E-state index is 12.3. The summed E-state index contributed by atoms with van der Waals surface area (Å²) in [5.41, 5.74) is 1.45. The van der Waals surface area contributed by atoms with Crippen LogP contribution in [0.15, 0.2) is 23.8 Å². The van der Waals surface area contributed by atoms with Crippen LogP contribution in [0.5, 0.6) is 11.5 Å². The molecule has 0 saturated heterocycles. The van der Waals surface area contributed by atoms with Crippen LogP contribution in [-0.4, -0.2) is 24.0 Å². The number of esters is 2. The number of carbonyl (C=O) groups is 4. The van der Waals surface area contributed by atoms with E-state index in [9.17, 15) is 19.2 Å². The third-order valence-corrected chi connectivity index (χ3v) is 7.43. The Bertz CT molecular complexity index is 1070. The SMILES string of the molecule is CC(=O)Oc1c(Cl)c(C)c(C=O)c(OC(C)=O)c1C/C=C(C)/C=C/[C@@]1(C)[C@H](C)CCC(=O)[C@@H]1C. The van der Waals surface area contributed by atoms with E-state index in [-0.39, 0.29) is 45.6 Å². The second kappa shape index (κ2) is 11.1. The third-order valence-electron chi connectivity index (χ3n) is 6.97. The number of allylic oxidation sites excluding steroid dienone is 4. The van der Waals surface area contributed by atoms with Crippen molar-refractivity contribution in [2.24, 2.45) is 17.3 Å². The summed E-state index contributed by atoms with van der Waals surface area (Å²) in [4.78, 5) is 47.6. The lowest BCUT2D eigenvalue weighted by Crippen LogP contribution is -2.40. The van der Waals surface area contributed by atoms with E-state index in [4.69, 9.17) is 21.1 Å². The smallest absolute Gasteiger partial charge is 0.308 e. The molecule has 1 fully saturated rings. The first-order valence-electron chi connectivity index (χ1n) is 11.4. The fourth-order valence-corrected chi connectivity index (χ4v) is 4.56. The molecule has 0 heterocycles. The van der Waals surface area contributed by atoms with Gasteiger partial charge in [-0.05, 0) is 43.6 Å². The molecule has 0 radical (unpaired) electrons. The number of ketones is 1. The van der Waals surface area contributed by atoms with Crippen molar-refractivity contribution in [1.82, 2.24) is 0 Å². The van der Waals surface area contributed by atoms with Gasteiger partial charge in [-0.3, -0.25) is 19.2 Å². The molecule has 1 saturated carbocycles. The summed E-state index contributed by atoms with van der Waals surface area (Å²) in [6, 6.07) is 0. The Balaban J connectivity index is 2.51. The van der Waals surface area contributed by atoms with Crippen molar-refractivity contribution in [2.75, 3.05) is 0 Å². The van der Waals surface area contributed by atoms with Crippen LogP contribution in [0.25, 0.3) is 0 Å². The Morgan fingerprint density at radius 1 is 1.12 bits per heavy atom. The molecule has 3 atom stereocenters. The zero-order valence-electron chi connectivity index (χ0n) is 20.9. The predicted molar refractivity (Wildman–Crippen MR) is 131 cm³/mol. The molecule has 2 rings (SSSR count). The first kappa shape index (κ1) is 27.5. The molecule has 0 bridgehead atoms. The number of hydrogen-bond acceptors (Lipinski definition) is 6. The second-order valence-corrected chi connectivity index (χ2v) is 9.65. The van der Waals surface area contributed by atoms with Gasteiger partial charge in [-0.2, -0.15) is 0 Å². The van der Waals surface area contributed by atoms with Crippen molar-refractivity contribution in [3.05, 3.63) is 45.5 Å². The molecule has 1 aromatic carbocycles. The zero-order valence-corrected chi connectivity index (χ0v) is 21.7. The highest BCUT2D eigenvalue weighted by Gasteiger charge is 2.41. The fraction of sp³-hybridized carbons (Fsp3) is 0.481. The monoisotopic (exact) mass is 488 g/mol. The highest BCUT2D eigenvalue weighted by Crippen LogP contribution is 2.45. The van der Waals surface area contributed by atoms with Crippen LogP contribution in [0.4, 0.5) is 0 Å². The van der Waals surface area contributed by atoms with Crippen molar-refractivity contribution in [1.29, 1.82) is 0 Å². The van der Waals surface area contributed by atoms with Gasteiger partial charge in [-0.1, -0.05) is 56.2 Å². The predicted octanol–water partition coefficient (Wildman–Crippen LogP) is 6.00. The van der Waals surface area contributed by atoms with Crippen molar-refractivity contribution >= 4 is 35.6 Å². The third kappa shape index (κ3) is 5.84. The molecule has 1 aliphatic carbocycles. The fourth-order valence-electron chi connectivity index (χ4n) is 4.31. The number of Topliss-reactive ketones (excluding diaryl/α,β-unsaturated/α-hetero) is 1. The van der Waals surface area contributed by atoms with E-state index in [0.29, 0.717) is 29.8 Å². The normalized spacial score (nSPS) is 23.2. The quantitative estimate of drug-likeness (QED) is 0.202. The number of ether oxygens (including phenoxy) is 2. The molecule has 1 aromatic rings. The van der Waals surface area contributed by atoms with Crippen molar-refractivity contribution in [2.45, 2.75) is 67.7 Å². The molecule has 0 N–H and O–H groups in total. The van der Waals surface area contributed by atoms with Gasteiger partial charge >= 0.3 is 11.9 Å². The minimum absolute atomic E-state index is 0.0285. The molecular formula is C27H33ClO6. The molecule has 0 amide bonds. The number of halogens is 1. The molecule has 0 aliphatic heterocycles. The van der Waals surface area contributed by atoms with E-state index >= 15 is 0 Å². The highest BCUT2D eigenvalue weighted by molar-refractivity contribution is 6.33. The second-order valence-electron chi connectivity index (χ2n) is 9.27. The topological polar surface area (TPSA) is 86.7 Å². The van der Waals surface area contributed by atoms with Gasteiger partial charge in [-0.15, -0.1) is 0 Å². The van der Waals surface area contributed by atoms with Gasteiger partial charge in [0.25, 0.3) is 0 Å². The summed E-state index contributed by atoms with van der Waals surface area (Å²) in [5.74, 6) is -0.542. The maximum atomic E-state index is 12.3. The Morgan fingerprint density at radius 2 is 1.71 bits per heavy atom. The minimum atomic E-state index is -0.613. The highest BCUT2D eigenvalue weighted by atomic mass is 35.5. The summed E-state index contributed by atoms with van der Waals surface area (Å²) in [5, 5.41) is 0.112. The first-order chi connectivity index (χ1) is 15.8. The van der Waals surface area contributed by atoms with Crippen molar-refractivity contribution in [3.63, 3.8) is 0 Å². The molecule has 6 nitrogen and oxygen atoms in total. The standard InChI is InChI=1S/C27H33ClO6/c1-15(12-13-27(7)16(2)9-11-23(32)18(27)4)8-10-21-25(33-19(5)30)22(14-29)17(3)24(28)26(21)34-20(6)31/h8,12-14,16,18H,9-11H2,1-7H3/b13-12+,15-8+/t16-,18+,27+/m1/s1. The summed E-state index contributed by atoms with van der Waals surface area (Å²) < 4.78 is 10.7. The number of carbonyl (C=O) groups excluding carboxylic acids is 4. The first-order valence-corrected chi connectivity index (χ1v) is 11.8. The summed E-state index contributed by atoms with van der Waals surface area (Å²) in [6.07, 6.45) is 8.18. The Morgan fingerprint density at radius 3 is 2.26 bits per heavy atom. The lowest BCUT2D eigenvalue weighted by atomic mass is 9.61. The Kier molecular flexibility index (Phi) is 9.01. The summed E-state index contributed by atoms with van der Waals surface area (Å²) >= 11 is 6.43. The average molecular weight is 489 g/mol. The maximum Gasteiger partial charge on any atom is 0.308 e. The lowest BCUT2D eigenvalue weighted by molar-refractivity contribution is -0.132. The van der Waals surface area contributed by atoms with Crippen LogP contribution < -0.4 is 9.47 Å². The van der Waals surface area contributed by atoms with Gasteiger partial charge in [0.15, 0.2) is 12.0 Å². The van der Waals surface area contributed by atoms with Crippen LogP contribution in [0, 0.1) is 24.2 Å². The molecule has 7 heteroatoms. The van der Waals surface area contributed by atoms with Gasteiger partial charge < -0.3 is 9.47 Å². The van der Waals surface area contributed by atoms with E-state index in [0.717, 1.165) is 12.0 Å². The summed E-state index contributed by atoms with van der Waals surface area (Å²) in [7, 11) is 0. The number of rotatable bonds is 7. The van der Waals surface area contributed by atoms with E-state index in [1.165, 1.54) is 13.8 Å². The van der Waals surface area contributed by atoms with Crippen LogP contribution in [0.1, 0.15) is 75.9 Å². The van der Waals surface area contributed by atoms with E-state index in [1.807, 2.05) is 26.0 Å². The van der Waals surface area contributed by atoms with Crippen LogP contribution in [0.3, 0.4) is 0 Å². The van der Waals surface area contributed by atoms with Crippen molar-refractivity contribution < 1.29 is 28.7 Å². The Hall–Kier alpha value is -2.73. The van der Waals surface area contributed by atoms with Crippen molar-refractivity contribution in [3.8, 4) is 11.5 Å². The van der Waals surface area contributed by atoms with E-state index in [2.05, 4.69) is 19.9 Å². The number of aldehydes is 1. The lowest BCUT2D eigenvalue weighted by Gasteiger charge is -2.42. The molecule has 0 aromatic heterocycles. The van der Waals surface area contributed by atoms with Crippen LogP contribution in [0.2, 0.25) is 5.02 Å².